The Morgan fingerprint density at radius 3 is 2.56 bits per heavy atom. The van der Waals surface area contributed by atoms with Crippen molar-refractivity contribution in [2.45, 2.75) is 45.8 Å². The molecule has 18 heavy (non-hydrogen) atoms. The maximum atomic E-state index is 11.8. The van der Waals surface area contributed by atoms with E-state index in [1.807, 2.05) is 13.8 Å². The topological polar surface area (TPSA) is 57.5 Å². The molecular weight excluding hydrogens is 228 g/mol. The second kappa shape index (κ2) is 4.82. The first-order valence-corrected chi connectivity index (χ1v) is 6.09. The van der Waals surface area contributed by atoms with Crippen molar-refractivity contribution in [1.29, 1.82) is 0 Å². The molecule has 0 radical (unpaired) electrons. The minimum atomic E-state index is -1.12. The van der Waals surface area contributed by atoms with Crippen LogP contribution in [0.15, 0.2) is 36.0 Å². The second-order valence-electron chi connectivity index (χ2n) is 5.67. The van der Waals surface area contributed by atoms with Gasteiger partial charge in [-0.15, -0.1) is 0 Å². The van der Waals surface area contributed by atoms with Gasteiger partial charge in [-0.05, 0) is 31.1 Å². The fourth-order valence-corrected chi connectivity index (χ4v) is 2.06. The first-order chi connectivity index (χ1) is 8.12. The normalized spacial score (nSPS) is 27.4. The van der Waals surface area contributed by atoms with Crippen molar-refractivity contribution in [3.8, 4) is 0 Å². The lowest BCUT2D eigenvalue weighted by molar-refractivity contribution is -0.120. The van der Waals surface area contributed by atoms with Crippen molar-refractivity contribution in [3.63, 3.8) is 0 Å². The molecule has 2 atom stereocenters. The van der Waals surface area contributed by atoms with Crippen molar-refractivity contribution < 1.29 is 15.0 Å². The van der Waals surface area contributed by atoms with Gasteiger partial charge in [0.25, 0.3) is 0 Å². The molecule has 1 aliphatic carbocycles. The van der Waals surface area contributed by atoms with Gasteiger partial charge in [0.15, 0.2) is 5.78 Å². The quantitative estimate of drug-likeness (QED) is 0.755. The van der Waals surface area contributed by atoms with Crippen LogP contribution in [0, 0.1) is 5.41 Å². The summed E-state index contributed by atoms with van der Waals surface area (Å²) in [5, 5.41) is 19.9. The van der Waals surface area contributed by atoms with Crippen LogP contribution in [0.4, 0.5) is 0 Å². The fraction of sp³-hybridized carbons (Fsp3) is 0.533. The highest BCUT2D eigenvalue weighted by molar-refractivity contribution is 5.97. The lowest BCUT2D eigenvalue weighted by atomic mass is 9.70. The largest absolute Gasteiger partial charge is 0.392 e. The van der Waals surface area contributed by atoms with E-state index in [-0.39, 0.29) is 12.2 Å². The fourth-order valence-electron chi connectivity index (χ4n) is 2.06. The Balaban J connectivity index is 3.21. The molecular formula is C15H22O3. The number of hydrogen-bond donors (Lipinski definition) is 2. The van der Waals surface area contributed by atoms with Gasteiger partial charge >= 0.3 is 0 Å². The van der Waals surface area contributed by atoms with Gasteiger partial charge in [0.1, 0.15) is 0 Å². The highest BCUT2D eigenvalue weighted by atomic mass is 16.3. The van der Waals surface area contributed by atoms with Crippen molar-refractivity contribution in [2.24, 2.45) is 5.41 Å². The van der Waals surface area contributed by atoms with Gasteiger partial charge in [-0.3, -0.25) is 4.79 Å². The molecule has 1 rings (SSSR count). The van der Waals surface area contributed by atoms with E-state index in [4.69, 9.17) is 0 Å². The van der Waals surface area contributed by atoms with Crippen molar-refractivity contribution in [2.75, 3.05) is 0 Å². The zero-order valence-corrected chi connectivity index (χ0v) is 11.5. The molecule has 100 valence electrons. The van der Waals surface area contributed by atoms with Gasteiger partial charge in [-0.1, -0.05) is 32.6 Å². The smallest absolute Gasteiger partial charge is 0.161 e. The monoisotopic (exact) mass is 250 g/mol. The molecule has 2 N–H and O–H groups in total. The number of carbonyl (C=O) groups is 1. The highest BCUT2D eigenvalue weighted by Gasteiger charge is 2.38. The van der Waals surface area contributed by atoms with E-state index in [0.29, 0.717) is 5.57 Å². The van der Waals surface area contributed by atoms with E-state index >= 15 is 0 Å². The maximum absolute atomic E-state index is 11.8. The van der Waals surface area contributed by atoms with Gasteiger partial charge in [0, 0.05) is 11.8 Å². The van der Waals surface area contributed by atoms with Gasteiger partial charge in [0.2, 0.25) is 0 Å². The van der Waals surface area contributed by atoms with Crippen LogP contribution in [0.25, 0.3) is 0 Å². The average Bonchev–Trinajstić information content (AvgIpc) is 2.26. The van der Waals surface area contributed by atoms with Gasteiger partial charge < -0.3 is 10.2 Å². The molecule has 0 aromatic rings. The average molecular weight is 250 g/mol. The predicted molar refractivity (Wildman–Crippen MR) is 72.1 cm³/mol. The Morgan fingerprint density at radius 1 is 1.50 bits per heavy atom. The number of aliphatic hydroxyl groups excluding tert-OH is 1. The molecule has 0 aromatic heterocycles. The lowest BCUT2D eigenvalue weighted by Gasteiger charge is -2.37. The van der Waals surface area contributed by atoms with E-state index in [1.165, 1.54) is 6.08 Å². The predicted octanol–water partition coefficient (Wildman–Crippen LogP) is 2.16. The first-order valence-electron chi connectivity index (χ1n) is 6.09. The van der Waals surface area contributed by atoms with E-state index < -0.39 is 17.1 Å². The summed E-state index contributed by atoms with van der Waals surface area (Å²) in [4.78, 5) is 11.8. The molecule has 0 amide bonds. The molecule has 0 saturated heterocycles. The third kappa shape index (κ3) is 2.79. The molecule has 0 aromatic carbocycles. The standard InChI is InChI=1S/C15H22O3/c1-6-15(5,18)8-7-11-10(2)12(16)9-13(17)14(11,3)4/h6-8,13,17-18H,1,9H2,2-5H3/b8-7+. The zero-order chi connectivity index (χ0) is 14.1. The van der Waals surface area contributed by atoms with Crippen LogP contribution in [0.2, 0.25) is 0 Å². The van der Waals surface area contributed by atoms with E-state index in [2.05, 4.69) is 6.58 Å². The Morgan fingerprint density at radius 2 is 2.06 bits per heavy atom. The third-order valence-corrected chi connectivity index (χ3v) is 3.73. The summed E-state index contributed by atoms with van der Waals surface area (Å²) in [5.74, 6) is -0.0419. The molecule has 0 fully saturated rings. The SMILES string of the molecule is C=CC(C)(O)/C=C/C1=C(C)C(=O)CC(O)C1(C)C. The molecule has 3 heteroatoms. The Hall–Kier alpha value is -1.19. The lowest BCUT2D eigenvalue weighted by Crippen LogP contribution is -2.38. The highest BCUT2D eigenvalue weighted by Crippen LogP contribution is 2.39. The van der Waals surface area contributed by atoms with Crippen molar-refractivity contribution in [1.82, 2.24) is 0 Å². The Bertz CT molecular complexity index is 425. The van der Waals surface area contributed by atoms with Crippen LogP contribution >= 0.6 is 0 Å². The van der Waals surface area contributed by atoms with Crippen molar-refractivity contribution >= 4 is 5.78 Å². The Kier molecular flexibility index (Phi) is 3.99. The summed E-state index contributed by atoms with van der Waals surface area (Å²) >= 11 is 0. The van der Waals surface area contributed by atoms with Crippen LogP contribution in [0.3, 0.4) is 0 Å². The minimum Gasteiger partial charge on any atom is -0.392 e. The van der Waals surface area contributed by atoms with Gasteiger partial charge in [-0.25, -0.2) is 0 Å². The van der Waals surface area contributed by atoms with Crippen LogP contribution in [0.5, 0.6) is 0 Å². The Labute approximate surface area is 109 Å². The first kappa shape index (κ1) is 14.9. The van der Waals surface area contributed by atoms with Gasteiger partial charge in [-0.2, -0.15) is 0 Å². The van der Waals surface area contributed by atoms with E-state index in [1.54, 1.807) is 26.0 Å². The second-order valence-corrected chi connectivity index (χ2v) is 5.67. The van der Waals surface area contributed by atoms with Gasteiger partial charge in [0.05, 0.1) is 11.7 Å². The summed E-state index contributed by atoms with van der Waals surface area (Å²) < 4.78 is 0. The number of aliphatic hydroxyl groups is 2. The molecule has 0 saturated carbocycles. The van der Waals surface area contributed by atoms with Crippen LogP contribution in [0.1, 0.15) is 34.1 Å². The minimum absolute atomic E-state index is 0.0419. The molecule has 1 aliphatic rings. The maximum Gasteiger partial charge on any atom is 0.161 e. The molecule has 0 heterocycles. The molecule has 0 spiro atoms. The number of Topliss-reactive ketones (excluding diaryl/α,β-unsaturated/α-hetero) is 1. The van der Waals surface area contributed by atoms with E-state index in [9.17, 15) is 15.0 Å². The summed E-state index contributed by atoms with van der Waals surface area (Å²) in [6, 6.07) is 0. The molecule has 3 nitrogen and oxygen atoms in total. The summed E-state index contributed by atoms with van der Waals surface area (Å²) in [5.41, 5.74) is -0.185. The number of allylic oxidation sites excluding steroid dienone is 2. The van der Waals surface area contributed by atoms with Crippen LogP contribution < -0.4 is 0 Å². The molecule has 0 aliphatic heterocycles. The van der Waals surface area contributed by atoms with E-state index in [0.717, 1.165) is 5.57 Å². The zero-order valence-electron chi connectivity index (χ0n) is 11.5. The van der Waals surface area contributed by atoms with Crippen molar-refractivity contribution in [3.05, 3.63) is 36.0 Å². The number of hydrogen-bond acceptors (Lipinski definition) is 3. The number of carbonyl (C=O) groups excluding carboxylic acids is 1. The number of rotatable bonds is 3. The van der Waals surface area contributed by atoms with Crippen LogP contribution in [-0.2, 0) is 4.79 Å². The summed E-state index contributed by atoms with van der Waals surface area (Å²) in [6.45, 7) is 10.7. The summed E-state index contributed by atoms with van der Waals surface area (Å²) in [7, 11) is 0. The number of ketones is 1. The third-order valence-electron chi connectivity index (χ3n) is 3.73. The molecule has 0 bridgehead atoms. The molecule has 2 unspecified atom stereocenters. The van der Waals surface area contributed by atoms with Crippen LogP contribution in [-0.4, -0.2) is 27.7 Å². The summed E-state index contributed by atoms with van der Waals surface area (Å²) in [6.07, 6.45) is 4.20.